The monoisotopic (exact) mass is 341 g/mol. The van der Waals surface area contributed by atoms with Crippen molar-refractivity contribution in [1.82, 2.24) is 4.90 Å². The summed E-state index contributed by atoms with van der Waals surface area (Å²) in [7, 11) is 2.86. The van der Waals surface area contributed by atoms with E-state index in [2.05, 4.69) is 4.74 Å². The summed E-state index contributed by atoms with van der Waals surface area (Å²) in [6.45, 7) is 0.00758. The first kappa shape index (κ1) is 18.2. The van der Waals surface area contributed by atoms with Crippen molar-refractivity contribution in [3.05, 3.63) is 71.3 Å². The van der Waals surface area contributed by atoms with Gasteiger partial charge in [-0.25, -0.2) is 9.59 Å². The van der Waals surface area contributed by atoms with E-state index in [9.17, 15) is 14.4 Å². The summed E-state index contributed by atoms with van der Waals surface area (Å²) in [6.07, 6.45) is 0. The van der Waals surface area contributed by atoms with Gasteiger partial charge in [0.15, 0.2) is 6.61 Å². The standard InChI is InChI=1S/C19H19NO5/c1-20(12-14-8-4-3-5-9-14)17(21)13-25-19(23)16-11-7-6-10-15(16)18(22)24-2/h3-11H,12-13H2,1-2H3. The van der Waals surface area contributed by atoms with Gasteiger partial charge in [0.05, 0.1) is 18.2 Å². The van der Waals surface area contributed by atoms with Crippen LogP contribution in [0.3, 0.4) is 0 Å². The van der Waals surface area contributed by atoms with Gasteiger partial charge in [-0.2, -0.15) is 0 Å². The number of methoxy groups -OCH3 is 1. The van der Waals surface area contributed by atoms with Gasteiger partial charge in [0.25, 0.3) is 5.91 Å². The predicted molar refractivity (Wildman–Crippen MR) is 91.0 cm³/mol. The quantitative estimate of drug-likeness (QED) is 0.754. The van der Waals surface area contributed by atoms with Crippen molar-refractivity contribution < 1.29 is 23.9 Å². The lowest BCUT2D eigenvalue weighted by Crippen LogP contribution is -2.31. The van der Waals surface area contributed by atoms with Gasteiger partial charge in [0.1, 0.15) is 0 Å². The van der Waals surface area contributed by atoms with E-state index >= 15 is 0 Å². The molecule has 0 radical (unpaired) electrons. The number of rotatable bonds is 6. The molecule has 2 rings (SSSR count). The molecule has 0 bridgehead atoms. The third-order valence-electron chi connectivity index (χ3n) is 3.57. The minimum Gasteiger partial charge on any atom is -0.465 e. The minimum absolute atomic E-state index is 0.0628. The molecule has 0 saturated heterocycles. The molecule has 2 aromatic rings. The summed E-state index contributed by atoms with van der Waals surface area (Å²) < 4.78 is 9.68. The van der Waals surface area contributed by atoms with Crippen LogP contribution in [0.4, 0.5) is 0 Å². The van der Waals surface area contributed by atoms with Gasteiger partial charge in [0, 0.05) is 13.6 Å². The molecule has 1 amide bonds. The Morgan fingerprint density at radius 2 is 1.44 bits per heavy atom. The van der Waals surface area contributed by atoms with Crippen molar-refractivity contribution in [3.63, 3.8) is 0 Å². The first-order valence-electron chi connectivity index (χ1n) is 7.65. The number of likely N-dealkylation sites (N-methyl/N-ethyl adjacent to an activating group) is 1. The van der Waals surface area contributed by atoms with Crippen molar-refractivity contribution >= 4 is 17.8 Å². The number of carbonyl (C=O) groups is 3. The van der Waals surface area contributed by atoms with Crippen LogP contribution >= 0.6 is 0 Å². The third-order valence-corrected chi connectivity index (χ3v) is 3.57. The Hall–Kier alpha value is -3.15. The van der Waals surface area contributed by atoms with Crippen molar-refractivity contribution in [2.75, 3.05) is 20.8 Å². The maximum Gasteiger partial charge on any atom is 0.339 e. The molecule has 0 atom stereocenters. The Kier molecular flexibility index (Phi) is 6.28. The molecule has 2 aromatic carbocycles. The van der Waals surface area contributed by atoms with E-state index in [0.29, 0.717) is 6.54 Å². The zero-order chi connectivity index (χ0) is 18.2. The van der Waals surface area contributed by atoms with E-state index in [0.717, 1.165) is 5.56 Å². The number of ether oxygens (including phenoxy) is 2. The number of esters is 2. The molecular weight excluding hydrogens is 322 g/mol. The van der Waals surface area contributed by atoms with Gasteiger partial charge in [-0.05, 0) is 17.7 Å². The number of nitrogens with zero attached hydrogens (tertiary/aromatic N) is 1. The Morgan fingerprint density at radius 3 is 2.04 bits per heavy atom. The highest BCUT2D eigenvalue weighted by Crippen LogP contribution is 2.12. The highest BCUT2D eigenvalue weighted by molar-refractivity contribution is 6.03. The summed E-state index contributed by atoms with van der Waals surface area (Å²) >= 11 is 0. The summed E-state index contributed by atoms with van der Waals surface area (Å²) in [4.78, 5) is 37.4. The van der Waals surface area contributed by atoms with Gasteiger partial charge in [-0.1, -0.05) is 42.5 Å². The molecule has 0 aliphatic carbocycles. The fourth-order valence-electron chi connectivity index (χ4n) is 2.21. The molecule has 6 nitrogen and oxygen atoms in total. The van der Waals surface area contributed by atoms with E-state index in [1.807, 2.05) is 30.3 Å². The molecule has 0 aromatic heterocycles. The first-order chi connectivity index (χ1) is 12.0. The SMILES string of the molecule is COC(=O)c1ccccc1C(=O)OCC(=O)N(C)Cc1ccccc1. The van der Waals surface area contributed by atoms with Crippen molar-refractivity contribution in [3.8, 4) is 0 Å². The lowest BCUT2D eigenvalue weighted by molar-refractivity contribution is -0.133. The Morgan fingerprint density at radius 1 is 0.880 bits per heavy atom. The van der Waals surface area contributed by atoms with Crippen molar-refractivity contribution in [2.24, 2.45) is 0 Å². The highest BCUT2D eigenvalue weighted by Gasteiger charge is 2.20. The summed E-state index contributed by atoms with van der Waals surface area (Å²) in [5, 5.41) is 0. The van der Waals surface area contributed by atoms with Crippen LogP contribution in [-0.4, -0.2) is 43.5 Å². The van der Waals surface area contributed by atoms with E-state index in [1.54, 1.807) is 19.2 Å². The molecule has 0 unspecified atom stereocenters. The zero-order valence-electron chi connectivity index (χ0n) is 14.1. The lowest BCUT2D eigenvalue weighted by atomic mass is 10.1. The van der Waals surface area contributed by atoms with Crippen LogP contribution in [-0.2, 0) is 20.8 Å². The molecule has 6 heteroatoms. The smallest absolute Gasteiger partial charge is 0.339 e. The molecule has 0 spiro atoms. The van der Waals surface area contributed by atoms with Crippen LogP contribution in [0.2, 0.25) is 0 Å². The molecule has 0 fully saturated rings. The minimum atomic E-state index is -0.748. The molecule has 0 heterocycles. The third kappa shape index (κ3) is 4.91. The fourth-order valence-corrected chi connectivity index (χ4v) is 2.21. The normalized spacial score (nSPS) is 10.0. The highest BCUT2D eigenvalue weighted by atomic mass is 16.5. The predicted octanol–water partition coefficient (Wildman–Crippen LogP) is 2.29. The summed E-state index contributed by atoms with van der Waals surface area (Å²) in [6, 6.07) is 15.6. The fraction of sp³-hybridized carbons (Fsp3) is 0.211. The van der Waals surface area contributed by atoms with Gasteiger partial charge in [-0.15, -0.1) is 0 Å². The van der Waals surface area contributed by atoms with Crippen LogP contribution in [0.5, 0.6) is 0 Å². The second kappa shape index (κ2) is 8.63. The van der Waals surface area contributed by atoms with Crippen LogP contribution in [0.25, 0.3) is 0 Å². The largest absolute Gasteiger partial charge is 0.465 e. The summed E-state index contributed by atoms with van der Waals surface area (Å²) in [5.74, 6) is -1.73. The second-order valence-electron chi connectivity index (χ2n) is 5.35. The molecule has 0 aliphatic rings. The Labute approximate surface area is 146 Å². The number of hydrogen-bond acceptors (Lipinski definition) is 5. The van der Waals surface area contributed by atoms with Crippen molar-refractivity contribution in [1.29, 1.82) is 0 Å². The number of hydrogen-bond donors (Lipinski definition) is 0. The van der Waals surface area contributed by atoms with Gasteiger partial charge < -0.3 is 14.4 Å². The molecule has 130 valence electrons. The molecular formula is C19H19NO5. The Balaban J connectivity index is 1.96. The second-order valence-corrected chi connectivity index (χ2v) is 5.35. The van der Waals surface area contributed by atoms with Gasteiger partial charge in [-0.3, -0.25) is 4.79 Å². The maximum atomic E-state index is 12.2. The zero-order valence-corrected chi connectivity index (χ0v) is 14.1. The maximum absolute atomic E-state index is 12.2. The van der Waals surface area contributed by atoms with Gasteiger partial charge >= 0.3 is 11.9 Å². The van der Waals surface area contributed by atoms with E-state index < -0.39 is 18.5 Å². The number of benzene rings is 2. The first-order valence-corrected chi connectivity index (χ1v) is 7.65. The topological polar surface area (TPSA) is 72.9 Å². The van der Waals surface area contributed by atoms with E-state index in [4.69, 9.17) is 4.74 Å². The van der Waals surface area contributed by atoms with Crippen LogP contribution in [0.15, 0.2) is 54.6 Å². The molecule has 0 aliphatic heterocycles. The average molecular weight is 341 g/mol. The molecule has 25 heavy (non-hydrogen) atoms. The van der Waals surface area contributed by atoms with E-state index in [1.165, 1.54) is 24.1 Å². The summed E-state index contributed by atoms with van der Waals surface area (Å²) in [5.41, 5.74) is 1.13. The van der Waals surface area contributed by atoms with Gasteiger partial charge in [0.2, 0.25) is 0 Å². The molecule has 0 saturated carbocycles. The average Bonchev–Trinajstić information content (AvgIpc) is 2.65. The van der Waals surface area contributed by atoms with Crippen LogP contribution in [0.1, 0.15) is 26.3 Å². The number of amides is 1. The van der Waals surface area contributed by atoms with Crippen LogP contribution < -0.4 is 0 Å². The van der Waals surface area contributed by atoms with Crippen LogP contribution in [0, 0.1) is 0 Å². The number of carbonyl (C=O) groups excluding carboxylic acids is 3. The molecule has 0 N–H and O–H groups in total. The van der Waals surface area contributed by atoms with Crippen molar-refractivity contribution in [2.45, 2.75) is 6.54 Å². The Bertz CT molecular complexity index is 757. The van der Waals surface area contributed by atoms with E-state index in [-0.39, 0.29) is 17.0 Å². The lowest BCUT2D eigenvalue weighted by Gasteiger charge is -2.17.